The summed E-state index contributed by atoms with van der Waals surface area (Å²) in [4.78, 5) is 26.4. The molecule has 1 atom stereocenters. The highest BCUT2D eigenvalue weighted by molar-refractivity contribution is 6.35. The van der Waals surface area contributed by atoms with Gasteiger partial charge in [-0.2, -0.15) is 5.26 Å². The maximum Gasteiger partial charge on any atom is 0.325 e. The van der Waals surface area contributed by atoms with E-state index in [0.29, 0.717) is 26.7 Å². The maximum atomic E-state index is 12.9. The second kappa shape index (κ2) is 6.40. The fraction of sp³-hybridized carbons (Fsp3) is 0.167. The zero-order valence-electron chi connectivity index (χ0n) is 13.2. The van der Waals surface area contributed by atoms with E-state index in [0.717, 1.165) is 4.90 Å². The third kappa shape index (κ3) is 3.07. The summed E-state index contributed by atoms with van der Waals surface area (Å²) in [6.07, 6.45) is 0. The van der Waals surface area contributed by atoms with Gasteiger partial charge in [-0.3, -0.25) is 9.69 Å². The first-order valence-electron chi connectivity index (χ1n) is 7.44. The van der Waals surface area contributed by atoms with Crippen molar-refractivity contribution < 1.29 is 9.59 Å². The molecule has 25 heavy (non-hydrogen) atoms. The number of nitriles is 1. The quantitative estimate of drug-likeness (QED) is 0.830. The summed E-state index contributed by atoms with van der Waals surface area (Å²) in [5.41, 5.74) is 0.349. The first-order valence-corrected chi connectivity index (χ1v) is 8.19. The second-order valence-corrected chi connectivity index (χ2v) is 6.72. The molecule has 1 unspecified atom stereocenters. The highest BCUT2D eigenvalue weighted by atomic mass is 35.5. The van der Waals surface area contributed by atoms with Crippen molar-refractivity contribution in [2.75, 3.05) is 0 Å². The average Bonchev–Trinajstić information content (AvgIpc) is 2.81. The van der Waals surface area contributed by atoms with E-state index in [4.69, 9.17) is 28.5 Å². The number of benzene rings is 2. The first-order chi connectivity index (χ1) is 11.8. The Kier molecular flexibility index (Phi) is 4.42. The predicted octanol–water partition coefficient (Wildman–Crippen LogP) is 3.83. The molecule has 0 saturated carbocycles. The fourth-order valence-electron chi connectivity index (χ4n) is 2.76. The van der Waals surface area contributed by atoms with E-state index in [1.807, 2.05) is 6.07 Å². The summed E-state index contributed by atoms with van der Waals surface area (Å²) in [5, 5.41) is 12.6. The molecule has 3 amide bonds. The molecular weight excluding hydrogens is 361 g/mol. The Morgan fingerprint density at radius 3 is 2.64 bits per heavy atom. The maximum absolute atomic E-state index is 12.9. The van der Waals surface area contributed by atoms with Gasteiger partial charge in [0.05, 0.1) is 18.2 Å². The zero-order chi connectivity index (χ0) is 18.2. The number of rotatable bonds is 3. The van der Waals surface area contributed by atoms with Crippen molar-refractivity contribution in [2.24, 2.45) is 0 Å². The summed E-state index contributed by atoms with van der Waals surface area (Å²) in [5.74, 6) is -0.404. The standard InChI is InChI=1S/C18H13Cl2N3O2/c1-18(13-4-2-3-11(7-13)9-21)16(24)23(17(25)22-18)10-12-5-6-14(19)8-15(12)20/h2-8H,10H2,1H3,(H,22,25). The van der Waals surface area contributed by atoms with Crippen LogP contribution in [0.4, 0.5) is 4.79 Å². The molecule has 1 heterocycles. The summed E-state index contributed by atoms with van der Waals surface area (Å²) in [6.45, 7) is 1.65. The third-order valence-electron chi connectivity index (χ3n) is 4.19. The van der Waals surface area contributed by atoms with Crippen LogP contribution in [0.1, 0.15) is 23.6 Å². The number of nitrogens with zero attached hydrogens (tertiary/aromatic N) is 2. The molecule has 1 aliphatic heterocycles. The van der Waals surface area contributed by atoms with Gasteiger partial charge in [-0.15, -0.1) is 0 Å². The average molecular weight is 374 g/mol. The lowest BCUT2D eigenvalue weighted by molar-refractivity contribution is -0.131. The molecule has 2 aromatic carbocycles. The minimum atomic E-state index is -1.23. The molecule has 1 saturated heterocycles. The van der Waals surface area contributed by atoms with Gasteiger partial charge in [-0.25, -0.2) is 4.79 Å². The summed E-state index contributed by atoms with van der Waals surface area (Å²) >= 11 is 12.0. The number of urea groups is 1. The van der Waals surface area contributed by atoms with Crippen molar-refractivity contribution in [2.45, 2.75) is 19.0 Å². The molecule has 126 valence electrons. The highest BCUT2D eigenvalue weighted by Crippen LogP contribution is 2.31. The number of carbonyl (C=O) groups is 2. The lowest BCUT2D eigenvalue weighted by Crippen LogP contribution is -2.40. The van der Waals surface area contributed by atoms with E-state index < -0.39 is 17.5 Å². The minimum Gasteiger partial charge on any atom is -0.319 e. The number of nitrogens with one attached hydrogen (secondary N) is 1. The van der Waals surface area contributed by atoms with Crippen molar-refractivity contribution in [3.8, 4) is 6.07 Å². The Bertz CT molecular complexity index is 923. The van der Waals surface area contributed by atoms with Gasteiger partial charge in [-0.05, 0) is 42.3 Å². The summed E-state index contributed by atoms with van der Waals surface area (Å²) < 4.78 is 0. The summed E-state index contributed by atoms with van der Waals surface area (Å²) in [6, 6.07) is 13.0. The van der Waals surface area contributed by atoms with Gasteiger partial charge in [-0.1, -0.05) is 41.4 Å². The lowest BCUT2D eigenvalue weighted by atomic mass is 9.91. The Hall–Kier alpha value is -2.55. The molecule has 2 aromatic rings. The molecule has 0 bridgehead atoms. The number of hydrogen-bond acceptors (Lipinski definition) is 3. The Labute approximate surface area is 154 Å². The van der Waals surface area contributed by atoms with Gasteiger partial charge in [0.1, 0.15) is 5.54 Å². The van der Waals surface area contributed by atoms with Crippen LogP contribution in [-0.2, 0) is 16.9 Å². The fourth-order valence-corrected chi connectivity index (χ4v) is 3.22. The number of imide groups is 1. The largest absolute Gasteiger partial charge is 0.325 e. The van der Waals surface area contributed by atoms with Crippen molar-refractivity contribution in [1.82, 2.24) is 10.2 Å². The third-order valence-corrected chi connectivity index (χ3v) is 4.77. The van der Waals surface area contributed by atoms with Crippen LogP contribution >= 0.6 is 23.2 Å². The Morgan fingerprint density at radius 1 is 1.20 bits per heavy atom. The van der Waals surface area contributed by atoms with Crippen LogP contribution in [-0.4, -0.2) is 16.8 Å². The molecule has 1 N–H and O–H groups in total. The van der Waals surface area contributed by atoms with Crippen LogP contribution in [0.25, 0.3) is 0 Å². The molecule has 5 nitrogen and oxygen atoms in total. The van der Waals surface area contributed by atoms with Crippen molar-refractivity contribution in [3.05, 3.63) is 69.2 Å². The predicted molar refractivity (Wildman–Crippen MR) is 94.1 cm³/mol. The Morgan fingerprint density at radius 2 is 1.96 bits per heavy atom. The number of carbonyl (C=O) groups excluding carboxylic acids is 2. The van der Waals surface area contributed by atoms with Gasteiger partial charge in [0, 0.05) is 10.0 Å². The number of amides is 3. The topological polar surface area (TPSA) is 73.2 Å². The van der Waals surface area contributed by atoms with Crippen LogP contribution in [0, 0.1) is 11.3 Å². The molecule has 3 rings (SSSR count). The SMILES string of the molecule is CC1(c2cccc(C#N)c2)NC(=O)N(Cc2ccc(Cl)cc2Cl)C1=O. The zero-order valence-corrected chi connectivity index (χ0v) is 14.7. The van der Waals surface area contributed by atoms with Crippen LogP contribution in [0.15, 0.2) is 42.5 Å². The van der Waals surface area contributed by atoms with Crippen molar-refractivity contribution in [3.63, 3.8) is 0 Å². The molecule has 0 radical (unpaired) electrons. The van der Waals surface area contributed by atoms with E-state index in [-0.39, 0.29) is 6.54 Å². The molecule has 1 fully saturated rings. The number of hydrogen-bond donors (Lipinski definition) is 1. The van der Waals surface area contributed by atoms with Gasteiger partial charge in [0.25, 0.3) is 5.91 Å². The van der Waals surface area contributed by atoms with Crippen LogP contribution < -0.4 is 5.32 Å². The van der Waals surface area contributed by atoms with Gasteiger partial charge < -0.3 is 5.32 Å². The van der Waals surface area contributed by atoms with E-state index in [9.17, 15) is 9.59 Å². The van der Waals surface area contributed by atoms with Gasteiger partial charge >= 0.3 is 6.03 Å². The molecule has 7 heteroatoms. The van der Waals surface area contributed by atoms with Crippen LogP contribution in [0.2, 0.25) is 10.0 Å². The molecular formula is C18H13Cl2N3O2. The van der Waals surface area contributed by atoms with E-state index in [2.05, 4.69) is 5.32 Å². The number of halogens is 2. The molecule has 1 aliphatic rings. The molecule has 0 aromatic heterocycles. The highest BCUT2D eigenvalue weighted by Gasteiger charge is 2.49. The normalized spacial score (nSPS) is 19.7. The van der Waals surface area contributed by atoms with Crippen molar-refractivity contribution >= 4 is 35.1 Å². The van der Waals surface area contributed by atoms with E-state index in [1.165, 1.54) is 0 Å². The monoisotopic (exact) mass is 373 g/mol. The molecule has 0 aliphatic carbocycles. The lowest BCUT2D eigenvalue weighted by Gasteiger charge is -2.22. The van der Waals surface area contributed by atoms with Crippen molar-refractivity contribution in [1.29, 1.82) is 5.26 Å². The first kappa shape index (κ1) is 17.3. The molecule has 0 spiro atoms. The van der Waals surface area contributed by atoms with Gasteiger partial charge in [0.2, 0.25) is 0 Å². The van der Waals surface area contributed by atoms with E-state index >= 15 is 0 Å². The second-order valence-electron chi connectivity index (χ2n) is 5.87. The van der Waals surface area contributed by atoms with Crippen LogP contribution in [0.3, 0.4) is 0 Å². The van der Waals surface area contributed by atoms with Gasteiger partial charge in [0.15, 0.2) is 0 Å². The Balaban J connectivity index is 1.93. The van der Waals surface area contributed by atoms with E-state index in [1.54, 1.807) is 49.4 Å². The summed E-state index contributed by atoms with van der Waals surface area (Å²) in [7, 11) is 0. The smallest absolute Gasteiger partial charge is 0.319 e. The minimum absolute atomic E-state index is 0.0359. The van der Waals surface area contributed by atoms with Crippen LogP contribution in [0.5, 0.6) is 0 Å².